The molecule has 1 fully saturated rings. The van der Waals surface area contributed by atoms with Crippen LogP contribution >= 0.6 is 12.2 Å². The standard InChI is InChI=1S/C13H23N3O3S/c1-8(2)6-18-7-11-5-10(12(17)19-11)4-9(3)15-16-13(14)20/h8,10-11H,4-7H2,1-3H3,(H3,14,16,20)/b15-9-/t10-,11+/m1/s1. The van der Waals surface area contributed by atoms with Gasteiger partial charge < -0.3 is 15.2 Å². The van der Waals surface area contributed by atoms with Gasteiger partial charge in [-0.1, -0.05) is 13.8 Å². The first kappa shape index (κ1) is 16.8. The average Bonchev–Trinajstić information content (AvgIpc) is 2.67. The lowest BCUT2D eigenvalue weighted by Crippen LogP contribution is -2.25. The Morgan fingerprint density at radius 2 is 2.35 bits per heavy atom. The van der Waals surface area contributed by atoms with Crippen molar-refractivity contribution in [2.45, 2.75) is 39.7 Å². The third-order valence-corrected chi connectivity index (χ3v) is 2.91. The Labute approximate surface area is 125 Å². The van der Waals surface area contributed by atoms with Crippen molar-refractivity contribution >= 4 is 29.0 Å². The van der Waals surface area contributed by atoms with Gasteiger partial charge in [-0.2, -0.15) is 5.10 Å². The van der Waals surface area contributed by atoms with Crippen molar-refractivity contribution in [2.75, 3.05) is 13.2 Å². The van der Waals surface area contributed by atoms with E-state index in [9.17, 15) is 4.79 Å². The number of nitrogens with zero attached hydrogens (tertiary/aromatic N) is 1. The van der Waals surface area contributed by atoms with Crippen molar-refractivity contribution in [1.82, 2.24) is 5.43 Å². The molecule has 0 aromatic rings. The van der Waals surface area contributed by atoms with Crippen LogP contribution in [0.3, 0.4) is 0 Å². The van der Waals surface area contributed by atoms with Gasteiger partial charge in [-0.05, 0) is 25.1 Å². The van der Waals surface area contributed by atoms with Gasteiger partial charge in [-0.15, -0.1) is 0 Å². The number of hydrogen-bond acceptors (Lipinski definition) is 5. The lowest BCUT2D eigenvalue weighted by Gasteiger charge is -2.11. The van der Waals surface area contributed by atoms with Crippen LogP contribution in [0.15, 0.2) is 5.10 Å². The number of carbonyl (C=O) groups is 1. The Hall–Kier alpha value is -1.21. The van der Waals surface area contributed by atoms with Crippen molar-refractivity contribution in [3.05, 3.63) is 0 Å². The molecule has 114 valence electrons. The fourth-order valence-corrected chi connectivity index (χ4v) is 2.02. The molecule has 0 aromatic carbocycles. The highest BCUT2D eigenvalue weighted by molar-refractivity contribution is 7.80. The largest absolute Gasteiger partial charge is 0.460 e. The number of carbonyl (C=O) groups excluding carboxylic acids is 1. The summed E-state index contributed by atoms with van der Waals surface area (Å²) in [4.78, 5) is 11.8. The van der Waals surface area contributed by atoms with Gasteiger partial charge in [0, 0.05) is 25.2 Å². The molecule has 1 aliphatic rings. The predicted molar refractivity (Wildman–Crippen MR) is 81.3 cm³/mol. The monoisotopic (exact) mass is 301 g/mol. The molecule has 7 heteroatoms. The smallest absolute Gasteiger partial charge is 0.309 e. The molecule has 20 heavy (non-hydrogen) atoms. The van der Waals surface area contributed by atoms with Crippen molar-refractivity contribution < 1.29 is 14.3 Å². The number of nitrogens with two attached hydrogens (primary N) is 1. The normalized spacial score (nSPS) is 23.0. The second-order valence-electron chi connectivity index (χ2n) is 5.45. The van der Waals surface area contributed by atoms with Crippen molar-refractivity contribution in [2.24, 2.45) is 22.7 Å². The number of cyclic esters (lactones) is 1. The molecular weight excluding hydrogens is 278 g/mol. The van der Waals surface area contributed by atoms with Crippen LogP contribution < -0.4 is 11.2 Å². The van der Waals surface area contributed by atoms with Crippen LogP contribution in [0.1, 0.15) is 33.6 Å². The first-order valence-corrected chi connectivity index (χ1v) is 7.16. The fraction of sp³-hybridized carbons (Fsp3) is 0.769. The molecule has 0 unspecified atom stereocenters. The van der Waals surface area contributed by atoms with E-state index in [1.54, 1.807) is 0 Å². The van der Waals surface area contributed by atoms with Gasteiger partial charge in [0.05, 0.1) is 12.5 Å². The molecule has 0 bridgehead atoms. The van der Waals surface area contributed by atoms with Crippen LogP contribution in [0.4, 0.5) is 0 Å². The number of hydrogen-bond donors (Lipinski definition) is 2. The van der Waals surface area contributed by atoms with E-state index >= 15 is 0 Å². The van der Waals surface area contributed by atoms with E-state index in [0.717, 1.165) is 5.71 Å². The van der Waals surface area contributed by atoms with Crippen molar-refractivity contribution in [1.29, 1.82) is 0 Å². The highest BCUT2D eigenvalue weighted by atomic mass is 32.1. The molecule has 0 saturated carbocycles. The van der Waals surface area contributed by atoms with Crippen LogP contribution in [0.2, 0.25) is 0 Å². The molecule has 0 radical (unpaired) electrons. The summed E-state index contributed by atoms with van der Waals surface area (Å²) in [5, 5.41) is 4.10. The minimum absolute atomic E-state index is 0.110. The molecule has 1 aliphatic heterocycles. The quantitative estimate of drug-likeness (QED) is 0.318. The Morgan fingerprint density at radius 3 is 2.95 bits per heavy atom. The minimum Gasteiger partial charge on any atom is -0.460 e. The van der Waals surface area contributed by atoms with E-state index in [2.05, 4.69) is 36.6 Å². The summed E-state index contributed by atoms with van der Waals surface area (Å²) >= 11 is 4.66. The molecule has 1 saturated heterocycles. The first-order chi connectivity index (χ1) is 9.38. The topological polar surface area (TPSA) is 85.9 Å². The zero-order chi connectivity index (χ0) is 15.1. The maximum atomic E-state index is 11.8. The zero-order valence-corrected chi connectivity index (χ0v) is 13.0. The number of hydrazone groups is 1. The third kappa shape index (κ3) is 6.29. The van der Waals surface area contributed by atoms with Gasteiger partial charge >= 0.3 is 5.97 Å². The van der Waals surface area contributed by atoms with E-state index in [4.69, 9.17) is 15.2 Å². The van der Waals surface area contributed by atoms with Crippen LogP contribution in [0.25, 0.3) is 0 Å². The molecule has 0 spiro atoms. The van der Waals surface area contributed by atoms with Crippen LogP contribution in [-0.2, 0) is 14.3 Å². The lowest BCUT2D eigenvalue weighted by molar-refractivity contribution is -0.146. The van der Waals surface area contributed by atoms with Gasteiger partial charge in [0.1, 0.15) is 6.10 Å². The van der Waals surface area contributed by atoms with Crippen LogP contribution in [0.5, 0.6) is 0 Å². The van der Waals surface area contributed by atoms with Gasteiger partial charge in [0.2, 0.25) is 0 Å². The van der Waals surface area contributed by atoms with E-state index in [0.29, 0.717) is 32.0 Å². The molecule has 0 amide bonds. The number of thiocarbonyl (C=S) groups is 1. The molecule has 1 rings (SSSR count). The van der Waals surface area contributed by atoms with E-state index in [1.165, 1.54) is 0 Å². The van der Waals surface area contributed by atoms with E-state index < -0.39 is 0 Å². The number of nitrogens with one attached hydrogen (secondary N) is 1. The van der Waals surface area contributed by atoms with E-state index in [-0.39, 0.29) is 23.1 Å². The SMILES string of the molecule is C/C(C[C@@H]1C[C@@H](COCC(C)C)OC1=O)=N/NC(N)=S. The lowest BCUT2D eigenvalue weighted by atomic mass is 9.99. The number of ether oxygens (including phenoxy) is 2. The maximum absolute atomic E-state index is 11.8. The molecule has 0 aliphatic carbocycles. The van der Waals surface area contributed by atoms with Gasteiger partial charge in [0.25, 0.3) is 0 Å². The summed E-state index contributed by atoms with van der Waals surface area (Å²) in [7, 11) is 0. The minimum atomic E-state index is -0.187. The van der Waals surface area contributed by atoms with Crippen molar-refractivity contribution in [3.8, 4) is 0 Å². The highest BCUT2D eigenvalue weighted by Gasteiger charge is 2.34. The Bertz CT molecular complexity index is 385. The van der Waals surface area contributed by atoms with Gasteiger partial charge in [0.15, 0.2) is 5.11 Å². The summed E-state index contributed by atoms with van der Waals surface area (Å²) in [6.07, 6.45) is 1.05. The average molecular weight is 301 g/mol. The second-order valence-corrected chi connectivity index (χ2v) is 5.89. The molecule has 1 heterocycles. The van der Waals surface area contributed by atoms with E-state index in [1.807, 2.05) is 6.92 Å². The first-order valence-electron chi connectivity index (χ1n) is 6.75. The van der Waals surface area contributed by atoms with Gasteiger partial charge in [-0.3, -0.25) is 10.2 Å². The summed E-state index contributed by atoms with van der Waals surface area (Å²) in [6.45, 7) is 7.12. The Morgan fingerprint density at radius 1 is 1.65 bits per heavy atom. The Kier molecular flexibility index (Phi) is 6.87. The summed E-state index contributed by atoms with van der Waals surface area (Å²) in [5.41, 5.74) is 8.56. The molecule has 0 aromatic heterocycles. The van der Waals surface area contributed by atoms with Crippen molar-refractivity contribution in [3.63, 3.8) is 0 Å². The second kappa shape index (κ2) is 8.16. The molecule has 6 nitrogen and oxygen atoms in total. The maximum Gasteiger partial charge on any atom is 0.309 e. The predicted octanol–water partition coefficient (Wildman–Crippen LogP) is 1.19. The Balaban J connectivity index is 2.35. The number of rotatable bonds is 7. The molecular formula is C13H23N3O3S. The van der Waals surface area contributed by atoms with Crippen LogP contribution in [0, 0.1) is 11.8 Å². The third-order valence-electron chi connectivity index (χ3n) is 2.82. The fourth-order valence-electron chi connectivity index (χ4n) is 1.98. The summed E-state index contributed by atoms with van der Waals surface area (Å²) in [5.74, 6) is 0.121. The highest BCUT2D eigenvalue weighted by Crippen LogP contribution is 2.24. The van der Waals surface area contributed by atoms with Gasteiger partial charge in [-0.25, -0.2) is 0 Å². The number of esters is 1. The summed E-state index contributed by atoms with van der Waals surface area (Å²) in [6, 6.07) is 0. The molecule has 3 N–H and O–H groups in total. The molecule has 2 atom stereocenters. The summed E-state index contributed by atoms with van der Waals surface area (Å²) < 4.78 is 10.8. The zero-order valence-electron chi connectivity index (χ0n) is 12.2. The van der Waals surface area contributed by atoms with Crippen LogP contribution in [-0.4, -0.2) is 36.1 Å².